The van der Waals surface area contributed by atoms with E-state index in [-0.39, 0.29) is 5.91 Å². The van der Waals surface area contributed by atoms with Crippen molar-refractivity contribution in [2.24, 2.45) is 0 Å². The molecule has 25 heavy (non-hydrogen) atoms. The zero-order valence-electron chi connectivity index (χ0n) is 14.5. The van der Waals surface area contributed by atoms with Crippen LogP contribution in [-0.2, 0) is 6.42 Å². The van der Waals surface area contributed by atoms with Crippen molar-refractivity contribution in [1.29, 1.82) is 0 Å². The molecule has 2 aromatic heterocycles. The first-order valence-electron chi connectivity index (χ1n) is 8.45. The quantitative estimate of drug-likeness (QED) is 0.752. The molecular weight excluding hydrogens is 312 g/mol. The zero-order valence-corrected chi connectivity index (χ0v) is 14.5. The monoisotopic (exact) mass is 334 g/mol. The highest BCUT2D eigenvalue weighted by molar-refractivity contribution is 5.93. The van der Waals surface area contributed by atoms with E-state index in [0.717, 1.165) is 12.2 Å². The summed E-state index contributed by atoms with van der Waals surface area (Å²) in [6.07, 6.45) is 7.57. The molecule has 1 N–H and O–H groups in total. The maximum Gasteiger partial charge on any atom is 0.252 e. The number of imidazole rings is 1. The second-order valence-corrected chi connectivity index (χ2v) is 6.28. The van der Waals surface area contributed by atoms with Crippen LogP contribution in [0.5, 0.6) is 0 Å². The van der Waals surface area contributed by atoms with Crippen molar-refractivity contribution < 1.29 is 4.79 Å². The number of hydrogen-bond acceptors (Lipinski definition) is 3. The van der Waals surface area contributed by atoms with Gasteiger partial charge in [0.2, 0.25) is 0 Å². The molecule has 0 fully saturated rings. The van der Waals surface area contributed by atoms with Crippen molar-refractivity contribution in [3.63, 3.8) is 0 Å². The fraction of sp³-hybridized carbons (Fsp3) is 0.250. The van der Waals surface area contributed by atoms with Crippen LogP contribution in [0.4, 0.5) is 0 Å². The van der Waals surface area contributed by atoms with Crippen molar-refractivity contribution in [2.45, 2.75) is 26.2 Å². The third-order valence-corrected chi connectivity index (χ3v) is 4.12. The van der Waals surface area contributed by atoms with Gasteiger partial charge in [-0.2, -0.15) is 0 Å². The summed E-state index contributed by atoms with van der Waals surface area (Å²) < 4.78 is 1.79. The average Bonchev–Trinajstić information content (AvgIpc) is 3.17. The molecule has 0 spiro atoms. The first-order chi connectivity index (χ1) is 12.1. The molecule has 0 saturated heterocycles. The third kappa shape index (κ3) is 4.32. The lowest BCUT2D eigenvalue weighted by Crippen LogP contribution is -2.25. The molecule has 0 aliphatic rings. The molecule has 128 valence electrons. The lowest BCUT2D eigenvalue weighted by atomic mass is 10.0. The molecule has 0 radical (unpaired) electrons. The predicted octanol–water partition coefficient (Wildman–Crippen LogP) is 3.36. The number of amides is 1. The summed E-state index contributed by atoms with van der Waals surface area (Å²) in [5, 5.41) is 2.94. The van der Waals surface area contributed by atoms with Crippen molar-refractivity contribution in [1.82, 2.24) is 19.9 Å². The Morgan fingerprint density at radius 1 is 1.16 bits per heavy atom. The van der Waals surface area contributed by atoms with Crippen LogP contribution < -0.4 is 5.32 Å². The third-order valence-electron chi connectivity index (χ3n) is 4.12. The van der Waals surface area contributed by atoms with Gasteiger partial charge in [-0.05, 0) is 35.6 Å². The molecule has 0 unspecified atom stereocenters. The minimum absolute atomic E-state index is 0.108. The minimum atomic E-state index is -0.108. The second kappa shape index (κ2) is 7.75. The van der Waals surface area contributed by atoms with Crippen molar-refractivity contribution in [3.8, 4) is 5.82 Å². The molecule has 0 saturated carbocycles. The normalized spacial score (nSPS) is 10.8. The van der Waals surface area contributed by atoms with E-state index in [1.807, 2.05) is 6.20 Å². The molecule has 1 aromatic carbocycles. The molecule has 0 aliphatic heterocycles. The van der Waals surface area contributed by atoms with Gasteiger partial charge in [-0.25, -0.2) is 9.97 Å². The van der Waals surface area contributed by atoms with Gasteiger partial charge in [-0.3, -0.25) is 9.36 Å². The molecule has 3 aromatic rings. The van der Waals surface area contributed by atoms with Crippen LogP contribution in [0.15, 0.2) is 61.3 Å². The van der Waals surface area contributed by atoms with E-state index < -0.39 is 0 Å². The van der Waals surface area contributed by atoms with Crippen LogP contribution in [0.2, 0.25) is 0 Å². The fourth-order valence-corrected chi connectivity index (χ4v) is 2.56. The fourth-order valence-electron chi connectivity index (χ4n) is 2.56. The van der Waals surface area contributed by atoms with Crippen LogP contribution in [0.1, 0.15) is 41.3 Å². The Morgan fingerprint density at radius 2 is 1.96 bits per heavy atom. The van der Waals surface area contributed by atoms with Gasteiger partial charge in [0.25, 0.3) is 5.91 Å². The van der Waals surface area contributed by atoms with E-state index in [0.29, 0.717) is 18.0 Å². The summed E-state index contributed by atoms with van der Waals surface area (Å²) in [6, 6.07) is 12.1. The smallest absolute Gasteiger partial charge is 0.252 e. The molecule has 0 bridgehead atoms. The Kier molecular flexibility index (Phi) is 5.23. The molecule has 5 heteroatoms. The molecular formula is C20H22N4O. The van der Waals surface area contributed by atoms with Crippen LogP contribution in [-0.4, -0.2) is 27.0 Å². The van der Waals surface area contributed by atoms with Crippen LogP contribution in [0.3, 0.4) is 0 Å². The highest BCUT2D eigenvalue weighted by Crippen LogP contribution is 2.14. The van der Waals surface area contributed by atoms with E-state index in [9.17, 15) is 4.79 Å². The van der Waals surface area contributed by atoms with E-state index in [1.165, 1.54) is 11.1 Å². The summed E-state index contributed by atoms with van der Waals surface area (Å²) in [5.41, 5.74) is 3.11. The summed E-state index contributed by atoms with van der Waals surface area (Å²) in [6.45, 7) is 4.96. The first kappa shape index (κ1) is 16.9. The van der Waals surface area contributed by atoms with E-state index in [2.05, 4.69) is 53.4 Å². The van der Waals surface area contributed by atoms with Crippen LogP contribution >= 0.6 is 0 Å². The SMILES string of the molecule is CC(C)c1ccc(CCNC(=O)c2ccc(-n3ccnc3)nc2)cc1. The highest BCUT2D eigenvalue weighted by Gasteiger charge is 2.06. The van der Waals surface area contributed by atoms with Gasteiger partial charge in [0.15, 0.2) is 0 Å². The van der Waals surface area contributed by atoms with Gasteiger partial charge in [0, 0.05) is 25.1 Å². The molecule has 1 amide bonds. The molecule has 2 heterocycles. The van der Waals surface area contributed by atoms with E-state index in [1.54, 1.807) is 35.4 Å². The minimum Gasteiger partial charge on any atom is -0.352 e. The Bertz CT molecular complexity index is 806. The van der Waals surface area contributed by atoms with Crippen molar-refractivity contribution in [3.05, 3.63) is 78.0 Å². The van der Waals surface area contributed by atoms with Crippen LogP contribution in [0.25, 0.3) is 5.82 Å². The number of carbonyl (C=O) groups is 1. The van der Waals surface area contributed by atoms with Crippen molar-refractivity contribution >= 4 is 5.91 Å². The Hall–Kier alpha value is -2.95. The van der Waals surface area contributed by atoms with Gasteiger partial charge >= 0.3 is 0 Å². The van der Waals surface area contributed by atoms with Gasteiger partial charge in [0.1, 0.15) is 12.1 Å². The summed E-state index contributed by atoms with van der Waals surface area (Å²) in [5.74, 6) is 1.16. The van der Waals surface area contributed by atoms with Crippen molar-refractivity contribution in [2.75, 3.05) is 6.54 Å². The summed E-state index contributed by atoms with van der Waals surface area (Å²) in [7, 11) is 0. The van der Waals surface area contributed by atoms with Gasteiger partial charge in [-0.15, -0.1) is 0 Å². The topological polar surface area (TPSA) is 59.8 Å². The number of hydrogen-bond donors (Lipinski definition) is 1. The Morgan fingerprint density at radius 3 is 2.56 bits per heavy atom. The molecule has 0 atom stereocenters. The van der Waals surface area contributed by atoms with Crippen LogP contribution in [0, 0.1) is 0 Å². The zero-order chi connectivity index (χ0) is 17.6. The number of nitrogens with zero attached hydrogens (tertiary/aromatic N) is 3. The van der Waals surface area contributed by atoms with Gasteiger partial charge in [0.05, 0.1) is 5.56 Å². The largest absolute Gasteiger partial charge is 0.352 e. The number of aromatic nitrogens is 3. The first-order valence-corrected chi connectivity index (χ1v) is 8.45. The maximum atomic E-state index is 12.2. The standard InChI is InChI=1S/C20H22N4O/c1-15(2)17-5-3-16(4-6-17)9-10-22-20(25)18-7-8-19(23-13-18)24-12-11-21-14-24/h3-8,11-15H,9-10H2,1-2H3,(H,22,25). The van der Waals surface area contributed by atoms with E-state index in [4.69, 9.17) is 0 Å². The maximum absolute atomic E-state index is 12.2. The second-order valence-electron chi connectivity index (χ2n) is 6.28. The summed E-state index contributed by atoms with van der Waals surface area (Å²) in [4.78, 5) is 20.5. The summed E-state index contributed by atoms with van der Waals surface area (Å²) >= 11 is 0. The van der Waals surface area contributed by atoms with Gasteiger partial charge in [-0.1, -0.05) is 38.1 Å². The number of rotatable bonds is 6. The highest BCUT2D eigenvalue weighted by atomic mass is 16.1. The number of pyridine rings is 1. The van der Waals surface area contributed by atoms with Gasteiger partial charge < -0.3 is 5.32 Å². The average molecular weight is 334 g/mol. The molecule has 5 nitrogen and oxygen atoms in total. The number of carbonyl (C=O) groups excluding carboxylic acids is 1. The number of nitrogens with one attached hydrogen (secondary N) is 1. The Balaban J connectivity index is 1.52. The lowest BCUT2D eigenvalue weighted by molar-refractivity contribution is 0.0954. The predicted molar refractivity (Wildman–Crippen MR) is 97.9 cm³/mol. The lowest BCUT2D eigenvalue weighted by Gasteiger charge is -2.08. The Labute approximate surface area is 147 Å². The van der Waals surface area contributed by atoms with E-state index >= 15 is 0 Å². The number of benzene rings is 1. The molecule has 0 aliphatic carbocycles. The molecule has 3 rings (SSSR count).